The highest BCUT2D eigenvalue weighted by Gasteiger charge is 2.12. The Hall–Kier alpha value is -4.16. The monoisotopic (exact) mass is 468 g/mol. The molecule has 0 saturated heterocycles. The molecule has 2 N–H and O–H groups in total. The van der Waals surface area contributed by atoms with Gasteiger partial charge < -0.3 is 14.9 Å². The summed E-state index contributed by atoms with van der Waals surface area (Å²) in [5.41, 5.74) is 3.14. The molecule has 1 aromatic heterocycles. The quantitative estimate of drug-likeness (QED) is 0.282. The predicted molar refractivity (Wildman–Crippen MR) is 133 cm³/mol. The van der Waals surface area contributed by atoms with E-state index in [2.05, 4.69) is 0 Å². The molecular formula is C28H20O5S. The first kappa shape index (κ1) is 21.7. The normalized spacial score (nSPS) is 11.1. The molecule has 0 amide bonds. The van der Waals surface area contributed by atoms with Crippen molar-refractivity contribution in [1.82, 2.24) is 0 Å². The van der Waals surface area contributed by atoms with Crippen LogP contribution in [-0.4, -0.2) is 22.2 Å². The van der Waals surface area contributed by atoms with Crippen LogP contribution >= 0.6 is 11.3 Å². The second kappa shape index (κ2) is 9.00. The zero-order valence-corrected chi connectivity index (χ0v) is 18.8. The minimum atomic E-state index is -0.980. The number of fused-ring (bicyclic) bond motifs is 2. The number of benzene rings is 4. The SMILES string of the molecule is O=C(O)c1ccc(Cc2cc3cc(C(=O)OCc4ccc5sccc5c4)ccc3cc2O)cc1. The molecule has 0 aliphatic rings. The molecule has 0 unspecified atom stereocenters. The number of hydrogen-bond acceptors (Lipinski definition) is 5. The number of rotatable bonds is 6. The first-order valence-electron chi connectivity index (χ1n) is 10.7. The molecule has 168 valence electrons. The van der Waals surface area contributed by atoms with Crippen molar-refractivity contribution in [3.05, 3.63) is 112 Å². The summed E-state index contributed by atoms with van der Waals surface area (Å²) in [5.74, 6) is -1.24. The van der Waals surface area contributed by atoms with E-state index in [1.165, 1.54) is 4.70 Å². The van der Waals surface area contributed by atoms with Gasteiger partial charge in [0.25, 0.3) is 0 Å². The Balaban J connectivity index is 1.34. The molecule has 4 aromatic carbocycles. The molecule has 5 rings (SSSR count). The average molecular weight is 469 g/mol. The van der Waals surface area contributed by atoms with Crippen LogP contribution in [0.2, 0.25) is 0 Å². The molecule has 0 spiro atoms. The fourth-order valence-corrected chi connectivity index (χ4v) is 4.70. The second-order valence-electron chi connectivity index (χ2n) is 8.09. The van der Waals surface area contributed by atoms with Crippen LogP contribution in [0.3, 0.4) is 0 Å². The topological polar surface area (TPSA) is 83.8 Å². The Bertz CT molecular complexity index is 1530. The lowest BCUT2D eigenvalue weighted by Crippen LogP contribution is -2.05. The Kier molecular flexibility index (Phi) is 5.74. The van der Waals surface area contributed by atoms with E-state index in [4.69, 9.17) is 9.84 Å². The number of carboxylic acid groups (broad SMARTS) is 1. The van der Waals surface area contributed by atoms with Crippen molar-refractivity contribution in [2.45, 2.75) is 13.0 Å². The number of ether oxygens (including phenoxy) is 1. The van der Waals surface area contributed by atoms with E-state index in [9.17, 15) is 14.7 Å². The number of esters is 1. The first-order valence-corrected chi connectivity index (χ1v) is 11.6. The molecule has 6 heteroatoms. The van der Waals surface area contributed by atoms with Gasteiger partial charge in [-0.1, -0.05) is 24.3 Å². The summed E-state index contributed by atoms with van der Waals surface area (Å²) in [6, 6.07) is 23.4. The van der Waals surface area contributed by atoms with E-state index < -0.39 is 11.9 Å². The minimum Gasteiger partial charge on any atom is -0.508 e. The molecule has 0 saturated carbocycles. The maximum atomic E-state index is 12.7. The first-order chi connectivity index (χ1) is 16.5. The van der Waals surface area contributed by atoms with E-state index in [-0.39, 0.29) is 17.9 Å². The maximum absolute atomic E-state index is 12.7. The van der Waals surface area contributed by atoms with Crippen molar-refractivity contribution < 1.29 is 24.5 Å². The van der Waals surface area contributed by atoms with Gasteiger partial charge in [0.05, 0.1) is 11.1 Å². The third-order valence-corrected chi connectivity index (χ3v) is 6.65. The van der Waals surface area contributed by atoms with Crippen LogP contribution in [-0.2, 0) is 17.8 Å². The van der Waals surface area contributed by atoms with Gasteiger partial charge in [0, 0.05) is 11.1 Å². The molecule has 0 aliphatic carbocycles. The summed E-state index contributed by atoms with van der Waals surface area (Å²) in [6.45, 7) is 0.190. The molecule has 0 radical (unpaired) electrons. The van der Waals surface area contributed by atoms with Gasteiger partial charge in [-0.05, 0) is 92.8 Å². The zero-order valence-electron chi connectivity index (χ0n) is 18.0. The lowest BCUT2D eigenvalue weighted by Gasteiger charge is -2.10. The van der Waals surface area contributed by atoms with Crippen LogP contribution in [0.5, 0.6) is 5.75 Å². The summed E-state index contributed by atoms with van der Waals surface area (Å²) in [6.07, 6.45) is 0.432. The van der Waals surface area contributed by atoms with Crippen molar-refractivity contribution in [3.63, 3.8) is 0 Å². The fourth-order valence-electron chi connectivity index (χ4n) is 3.92. The summed E-state index contributed by atoms with van der Waals surface area (Å²) in [5, 5.41) is 24.3. The highest BCUT2D eigenvalue weighted by molar-refractivity contribution is 7.17. The fraction of sp³-hybridized carbons (Fsp3) is 0.0714. The van der Waals surface area contributed by atoms with Gasteiger partial charge in [-0.15, -0.1) is 11.3 Å². The predicted octanol–water partition coefficient (Wildman–Crippen LogP) is 6.41. The van der Waals surface area contributed by atoms with Crippen molar-refractivity contribution in [2.24, 2.45) is 0 Å². The van der Waals surface area contributed by atoms with Gasteiger partial charge in [0.2, 0.25) is 0 Å². The van der Waals surface area contributed by atoms with Crippen LogP contribution in [0.4, 0.5) is 0 Å². The number of phenolic OH excluding ortho intramolecular Hbond substituents is 1. The lowest BCUT2D eigenvalue weighted by molar-refractivity contribution is 0.0472. The molecule has 34 heavy (non-hydrogen) atoms. The molecule has 0 atom stereocenters. The van der Waals surface area contributed by atoms with E-state index in [1.807, 2.05) is 35.7 Å². The molecule has 0 aliphatic heterocycles. The number of hydrogen-bond donors (Lipinski definition) is 2. The van der Waals surface area contributed by atoms with E-state index in [0.717, 1.165) is 27.3 Å². The number of aromatic carboxylic acids is 1. The highest BCUT2D eigenvalue weighted by Crippen LogP contribution is 2.28. The maximum Gasteiger partial charge on any atom is 0.338 e. The number of carbonyl (C=O) groups excluding carboxylic acids is 1. The third kappa shape index (κ3) is 4.49. The van der Waals surface area contributed by atoms with Gasteiger partial charge in [-0.3, -0.25) is 0 Å². The van der Waals surface area contributed by atoms with Crippen molar-refractivity contribution in [1.29, 1.82) is 0 Å². The van der Waals surface area contributed by atoms with Gasteiger partial charge in [0.15, 0.2) is 0 Å². The zero-order chi connectivity index (χ0) is 23.7. The van der Waals surface area contributed by atoms with Gasteiger partial charge in [0.1, 0.15) is 12.4 Å². The van der Waals surface area contributed by atoms with Crippen LogP contribution in [0.15, 0.2) is 84.2 Å². The van der Waals surface area contributed by atoms with Crippen molar-refractivity contribution in [3.8, 4) is 5.75 Å². The number of carbonyl (C=O) groups is 2. The third-order valence-electron chi connectivity index (χ3n) is 5.76. The van der Waals surface area contributed by atoms with Gasteiger partial charge in [-0.25, -0.2) is 9.59 Å². The standard InChI is InChI=1S/C28H20O5S/c29-25-15-20-6-7-22(28(32)33-16-18-3-8-26-21(12-18)9-10-34-26)13-23(20)14-24(25)11-17-1-4-19(5-2-17)27(30)31/h1-10,12-15,29H,11,16H2,(H,30,31). The van der Waals surface area contributed by atoms with Crippen LogP contribution in [0, 0.1) is 0 Å². The molecular weight excluding hydrogens is 448 g/mol. The van der Waals surface area contributed by atoms with Crippen LogP contribution in [0.25, 0.3) is 20.9 Å². The lowest BCUT2D eigenvalue weighted by atomic mass is 9.98. The molecule has 1 heterocycles. The molecule has 0 bridgehead atoms. The average Bonchev–Trinajstić information content (AvgIpc) is 3.31. The number of carboxylic acids is 1. The van der Waals surface area contributed by atoms with E-state index in [0.29, 0.717) is 17.5 Å². The molecule has 5 nitrogen and oxygen atoms in total. The highest BCUT2D eigenvalue weighted by atomic mass is 32.1. The van der Waals surface area contributed by atoms with Crippen molar-refractivity contribution in [2.75, 3.05) is 0 Å². The number of aromatic hydroxyl groups is 1. The number of thiophene rings is 1. The number of phenols is 1. The summed E-state index contributed by atoms with van der Waals surface area (Å²) >= 11 is 1.67. The van der Waals surface area contributed by atoms with Crippen LogP contribution < -0.4 is 0 Å². The van der Waals surface area contributed by atoms with Crippen molar-refractivity contribution >= 4 is 44.1 Å². The summed E-state index contributed by atoms with van der Waals surface area (Å²) < 4.78 is 6.73. The smallest absolute Gasteiger partial charge is 0.338 e. The minimum absolute atomic E-state index is 0.147. The van der Waals surface area contributed by atoms with E-state index >= 15 is 0 Å². The van der Waals surface area contributed by atoms with E-state index in [1.54, 1.807) is 59.9 Å². The van der Waals surface area contributed by atoms with Gasteiger partial charge >= 0.3 is 11.9 Å². The Morgan fingerprint density at radius 2 is 1.53 bits per heavy atom. The second-order valence-corrected chi connectivity index (χ2v) is 9.04. The Morgan fingerprint density at radius 3 is 2.32 bits per heavy atom. The van der Waals surface area contributed by atoms with Crippen LogP contribution in [0.1, 0.15) is 37.4 Å². The molecule has 5 aromatic rings. The summed E-state index contributed by atoms with van der Waals surface area (Å²) in [4.78, 5) is 23.7. The molecule has 0 fully saturated rings. The van der Waals surface area contributed by atoms with Gasteiger partial charge in [-0.2, -0.15) is 0 Å². The summed E-state index contributed by atoms with van der Waals surface area (Å²) in [7, 11) is 0. The Morgan fingerprint density at radius 1 is 0.765 bits per heavy atom. The largest absolute Gasteiger partial charge is 0.508 e. The Labute approximate surface area is 199 Å².